The predicted molar refractivity (Wildman–Crippen MR) is 46.3 cm³/mol. The number of fused-ring (bicyclic) bond motifs is 1. The van der Waals surface area contributed by atoms with Gasteiger partial charge < -0.3 is 17.0 Å². The van der Waals surface area contributed by atoms with Crippen LogP contribution in [-0.4, -0.2) is 28.0 Å². The minimum Gasteiger partial charge on any atom is -1.00 e. The third kappa shape index (κ3) is 2.43. The molecule has 56 valence electrons. The van der Waals surface area contributed by atoms with Crippen LogP contribution in [0.15, 0.2) is 36.5 Å². The minimum atomic E-state index is 0. The Morgan fingerprint density at radius 3 is 2.67 bits per heavy atom. The standard InChI is InChI=1S/C9H6N.BrH.Mg/c1-2-6-9-8(4-1)5-3-7-10-9;;/h1-2,4-7H;1H;/q-1;;+2/p-1. The molecule has 0 fully saturated rings. The molecule has 0 amide bonds. The Labute approximate surface area is 98.1 Å². The maximum atomic E-state index is 4.13. The molecule has 1 nitrogen and oxygen atoms in total. The summed E-state index contributed by atoms with van der Waals surface area (Å²) in [5, 5.41) is 1.14. The van der Waals surface area contributed by atoms with Gasteiger partial charge in [-0.25, -0.2) is 12.1 Å². The van der Waals surface area contributed by atoms with Gasteiger partial charge in [-0.2, -0.15) is 0 Å². The number of nitrogens with zero attached hydrogens (tertiary/aromatic N) is 1. The topological polar surface area (TPSA) is 12.9 Å². The Morgan fingerprint density at radius 1 is 1.17 bits per heavy atom. The zero-order valence-corrected chi connectivity index (χ0v) is 9.50. The van der Waals surface area contributed by atoms with Crippen LogP contribution in [0.1, 0.15) is 0 Å². The van der Waals surface area contributed by atoms with Crippen molar-refractivity contribution in [3.05, 3.63) is 42.6 Å². The Hall–Kier alpha value is -0.124. The van der Waals surface area contributed by atoms with E-state index in [0.717, 1.165) is 10.9 Å². The monoisotopic (exact) mass is 231 g/mol. The molecular formula is C9H6BrMgN. The van der Waals surface area contributed by atoms with E-state index >= 15 is 0 Å². The van der Waals surface area contributed by atoms with Gasteiger partial charge in [-0.3, -0.25) is 4.98 Å². The summed E-state index contributed by atoms with van der Waals surface area (Å²) < 4.78 is 0. The molecule has 0 N–H and O–H groups in total. The zero-order chi connectivity index (χ0) is 6.81. The minimum absolute atomic E-state index is 0. The Morgan fingerprint density at radius 2 is 1.92 bits per heavy atom. The molecule has 0 aliphatic carbocycles. The fraction of sp³-hybridized carbons (Fsp3) is 0. The van der Waals surface area contributed by atoms with Crippen LogP contribution in [0.3, 0.4) is 0 Å². The molecule has 12 heavy (non-hydrogen) atoms. The van der Waals surface area contributed by atoms with E-state index in [2.05, 4.69) is 11.1 Å². The average Bonchev–Trinajstić information content (AvgIpc) is 2.05. The van der Waals surface area contributed by atoms with Gasteiger partial charge >= 0.3 is 23.1 Å². The number of rotatable bonds is 0. The van der Waals surface area contributed by atoms with Crippen molar-refractivity contribution in [3.63, 3.8) is 0 Å². The SMILES string of the molecule is [Br-].[Mg+2].[c-]1cnc2ccccc2c1. The molecule has 0 bridgehead atoms. The van der Waals surface area contributed by atoms with Crippen molar-refractivity contribution >= 4 is 34.0 Å². The van der Waals surface area contributed by atoms with E-state index in [0.29, 0.717) is 0 Å². The molecule has 3 heteroatoms. The van der Waals surface area contributed by atoms with Gasteiger partial charge in [0.05, 0.1) is 0 Å². The molecule has 0 atom stereocenters. The smallest absolute Gasteiger partial charge is 1.00 e. The van der Waals surface area contributed by atoms with Crippen molar-refractivity contribution in [2.45, 2.75) is 0 Å². The molecule has 2 rings (SSSR count). The Bertz CT molecular complexity index is 286. The number of hydrogen-bond acceptors (Lipinski definition) is 1. The first-order chi connectivity index (χ1) is 4.97. The number of para-hydroxylation sites is 1. The van der Waals surface area contributed by atoms with Gasteiger partial charge in [-0.05, 0) is 5.52 Å². The fourth-order valence-electron chi connectivity index (χ4n) is 0.961. The van der Waals surface area contributed by atoms with Gasteiger partial charge in [0.25, 0.3) is 0 Å². The molecule has 0 saturated heterocycles. The van der Waals surface area contributed by atoms with E-state index < -0.39 is 0 Å². The quantitative estimate of drug-likeness (QED) is 0.405. The molecule has 0 spiro atoms. The van der Waals surface area contributed by atoms with Gasteiger partial charge in [-0.15, -0.1) is 11.5 Å². The summed E-state index contributed by atoms with van der Waals surface area (Å²) in [7, 11) is 0. The summed E-state index contributed by atoms with van der Waals surface area (Å²) in [6.07, 6.45) is 1.68. The second-order valence-corrected chi connectivity index (χ2v) is 2.13. The van der Waals surface area contributed by atoms with E-state index in [-0.39, 0.29) is 40.0 Å². The van der Waals surface area contributed by atoms with Crippen LogP contribution in [-0.2, 0) is 0 Å². The van der Waals surface area contributed by atoms with E-state index in [1.54, 1.807) is 6.20 Å². The first-order valence-corrected chi connectivity index (χ1v) is 3.18. The van der Waals surface area contributed by atoms with Crippen molar-refractivity contribution in [3.8, 4) is 0 Å². The second-order valence-electron chi connectivity index (χ2n) is 2.13. The maximum absolute atomic E-state index is 4.13. The van der Waals surface area contributed by atoms with Crippen LogP contribution in [0.5, 0.6) is 0 Å². The zero-order valence-electron chi connectivity index (χ0n) is 6.50. The largest absolute Gasteiger partial charge is 2.00 e. The summed E-state index contributed by atoms with van der Waals surface area (Å²) in [4.78, 5) is 4.13. The van der Waals surface area contributed by atoms with Crippen molar-refractivity contribution in [2.24, 2.45) is 0 Å². The number of halogens is 1. The summed E-state index contributed by atoms with van der Waals surface area (Å²) in [6, 6.07) is 12.9. The van der Waals surface area contributed by atoms with Crippen LogP contribution in [0.25, 0.3) is 10.9 Å². The third-order valence-corrected chi connectivity index (χ3v) is 1.45. The van der Waals surface area contributed by atoms with Crippen molar-refractivity contribution in [1.29, 1.82) is 0 Å². The van der Waals surface area contributed by atoms with Crippen molar-refractivity contribution in [2.75, 3.05) is 0 Å². The molecule has 1 heterocycles. The molecule has 2 aromatic rings. The summed E-state index contributed by atoms with van der Waals surface area (Å²) in [5.41, 5.74) is 1.03. The first-order valence-electron chi connectivity index (χ1n) is 3.18. The fourth-order valence-corrected chi connectivity index (χ4v) is 0.961. The van der Waals surface area contributed by atoms with Crippen LogP contribution >= 0.6 is 0 Å². The molecule has 1 aromatic carbocycles. The van der Waals surface area contributed by atoms with Gasteiger partial charge in [-0.1, -0.05) is 24.4 Å². The predicted octanol–water partition coefficient (Wildman–Crippen LogP) is -1.34. The summed E-state index contributed by atoms with van der Waals surface area (Å²) >= 11 is 0. The second kappa shape index (κ2) is 5.51. The first kappa shape index (κ1) is 11.9. The van der Waals surface area contributed by atoms with E-state index in [4.69, 9.17) is 0 Å². The number of pyridine rings is 1. The number of benzene rings is 1. The molecule has 0 saturated carbocycles. The molecule has 0 unspecified atom stereocenters. The summed E-state index contributed by atoms with van der Waals surface area (Å²) in [6.45, 7) is 0. The Balaban J connectivity index is 0.000000605. The van der Waals surface area contributed by atoms with Gasteiger partial charge in [0.2, 0.25) is 0 Å². The van der Waals surface area contributed by atoms with Gasteiger partial charge in [0, 0.05) is 0 Å². The normalized spacial score (nSPS) is 8.33. The van der Waals surface area contributed by atoms with E-state index in [1.807, 2.05) is 30.3 Å². The number of hydrogen-bond donors (Lipinski definition) is 0. The molecular weight excluding hydrogens is 226 g/mol. The molecule has 0 aliphatic heterocycles. The molecule has 0 aliphatic rings. The molecule has 0 radical (unpaired) electrons. The molecule has 1 aromatic heterocycles. The summed E-state index contributed by atoms with van der Waals surface area (Å²) in [5.74, 6) is 0. The Kier molecular flexibility index (Phi) is 5.45. The van der Waals surface area contributed by atoms with Crippen LogP contribution in [0.4, 0.5) is 0 Å². The van der Waals surface area contributed by atoms with Crippen LogP contribution < -0.4 is 17.0 Å². The number of aromatic nitrogens is 1. The van der Waals surface area contributed by atoms with Crippen LogP contribution in [0.2, 0.25) is 0 Å². The van der Waals surface area contributed by atoms with Crippen LogP contribution in [0, 0.1) is 6.07 Å². The maximum Gasteiger partial charge on any atom is 2.00 e. The van der Waals surface area contributed by atoms with E-state index in [9.17, 15) is 0 Å². The van der Waals surface area contributed by atoms with Gasteiger partial charge in [0.1, 0.15) is 0 Å². The average molecular weight is 232 g/mol. The van der Waals surface area contributed by atoms with Crippen molar-refractivity contribution in [1.82, 2.24) is 4.98 Å². The van der Waals surface area contributed by atoms with Gasteiger partial charge in [0.15, 0.2) is 0 Å². The van der Waals surface area contributed by atoms with E-state index in [1.165, 1.54) is 0 Å². The third-order valence-electron chi connectivity index (χ3n) is 1.45. The van der Waals surface area contributed by atoms with Crippen molar-refractivity contribution < 1.29 is 17.0 Å².